The normalized spacial score (nSPS) is 14.9. The van der Waals surface area contributed by atoms with E-state index in [-0.39, 0.29) is 11.8 Å². The number of hydrogen-bond acceptors (Lipinski definition) is 2. The summed E-state index contributed by atoms with van der Waals surface area (Å²) in [6.45, 7) is 3.97. The predicted octanol–water partition coefficient (Wildman–Crippen LogP) is 5.14. The van der Waals surface area contributed by atoms with Crippen molar-refractivity contribution in [2.45, 2.75) is 45.4 Å². The number of carbonyl (C=O) groups is 2. The smallest absolute Gasteiger partial charge is 0.226 e. The summed E-state index contributed by atoms with van der Waals surface area (Å²) in [6.07, 6.45) is 4.17. The number of aryl methyl sites for hydroxylation is 2. The van der Waals surface area contributed by atoms with Crippen LogP contribution >= 0.6 is 0 Å². The molecule has 3 aromatic carbocycles. The number of rotatable bonds is 9. The molecule has 0 aliphatic carbocycles. The molecule has 182 valence electrons. The molecular weight excluding hydrogens is 432 g/mol. The summed E-state index contributed by atoms with van der Waals surface area (Å²) in [5.41, 5.74) is 4.34. The molecule has 35 heavy (non-hydrogen) atoms. The maximum absolute atomic E-state index is 13.5. The zero-order chi connectivity index (χ0) is 24.5. The minimum Gasteiger partial charge on any atom is -0.355 e. The highest BCUT2D eigenvalue weighted by Crippen LogP contribution is 2.36. The summed E-state index contributed by atoms with van der Waals surface area (Å²) >= 11 is 0. The summed E-state index contributed by atoms with van der Waals surface area (Å²) in [5.74, 6) is 0.298. The van der Waals surface area contributed by atoms with E-state index in [0.29, 0.717) is 45.3 Å². The van der Waals surface area contributed by atoms with Crippen LogP contribution in [0.4, 0.5) is 0 Å². The van der Waals surface area contributed by atoms with Crippen molar-refractivity contribution < 1.29 is 9.59 Å². The van der Waals surface area contributed by atoms with Gasteiger partial charge in [-0.25, -0.2) is 0 Å². The third-order valence-electron chi connectivity index (χ3n) is 7.23. The molecule has 1 aliphatic rings. The standard InChI is InChI=1S/C31H36N2O2/c1-25-12-14-27(15-13-25)18-21-32-30(35)31(24-28-10-6-3-7-11-28)19-22-33(23-20-31)29(34)17-16-26-8-4-2-5-9-26/h2-15H,16-24H2,1H3,(H,32,35). The summed E-state index contributed by atoms with van der Waals surface area (Å²) < 4.78 is 0. The van der Waals surface area contributed by atoms with Crippen molar-refractivity contribution >= 4 is 11.8 Å². The van der Waals surface area contributed by atoms with Gasteiger partial charge in [0.05, 0.1) is 5.41 Å². The molecule has 1 N–H and O–H groups in total. The molecule has 0 radical (unpaired) electrons. The fraction of sp³-hybridized carbons (Fsp3) is 0.355. The van der Waals surface area contributed by atoms with Gasteiger partial charge in [-0.15, -0.1) is 0 Å². The average Bonchev–Trinajstić information content (AvgIpc) is 2.90. The average molecular weight is 469 g/mol. The first-order valence-corrected chi connectivity index (χ1v) is 12.7. The molecule has 4 rings (SSSR count). The summed E-state index contributed by atoms with van der Waals surface area (Å²) in [6, 6.07) is 28.9. The minimum absolute atomic E-state index is 0.116. The highest BCUT2D eigenvalue weighted by Gasteiger charge is 2.42. The monoisotopic (exact) mass is 468 g/mol. The molecule has 0 saturated carbocycles. The first-order valence-electron chi connectivity index (χ1n) is 12.7. The lowest BCUT2D eigenvalue weighted by Gasteiger charge is -2.41. The Labute approximate surface area is 209 Å². The van der Waals surface area contributed by atoms with Crippen LogP contribution in [0.25, 0.3) is 0 Å². The third-order valence-corrected chi connectivity index (χ3v) is 7.23. The second-order valence-corrected chi connectivity index (χ2v) is 9.80. The number of nitrogens with one attached hydrogen (secondary N) is 1. The predicted molar refractivity (Wildman–Crippen MR) is 141 cm³/mol. The van der Waals surface area contributed by atoms with E-state index < -0.39 is 5.41 Å². The fourth-order valence-corrected chi connectivity index (χ4v) is 4.97. The molecule has 0 bridgehead atoms. The molecule has 0 unspecified atom stereocenters. The van der Waals surface area contributed by atoms with Gasteiger partial charge in [-0.3, -0.25) is 9.59 Å². The Morgan fingerprint density at radius 2 is 1.34 bits per heavy atom. The Balaban J connectivity index is 1.36. The van der Waals surface area contributed by atoms with Gasteiger partial charge in [0.15, 0.2) is 0 Å². The van der Waals surface area contributed by atoms with Gasteiger partial charge >= 0.3 is 0 Å². The molecular formula is C31H36N2O2. The Bertz CT molecular complexity index is 1090. The zero-order valence-electron chi connectivity index (χ0n) is 20.7. The van der Waals surface area contributed by atoms with Gasteiger partial charge in [0.1, 0.15) is 0 Å². The largest absolute Gasteiger partial charge is 0.355 e. The Morgan fingerprint density at radius 3 is 1.97 bits per heavy atom. The molecule has 1 aliphatic heterocycles. The van der Waals surface area contributed by atoms with Crippen molar-refractivity contribution in [2.75, 3.05) is 19.6 Å². The molecule has 0 atom stereocenters. The van der Waals surface area contributed by atoms with Crippen LogP contribution in [0, 0.1) is 12.3 Å². The van der Waals surface area contributed by atoms with Crippen LogP contribution in [-0.2, 0) is 28.9 Å². The van der Waals surface area contributed by atoms with Crippen molar-refractivity contribution in [3.05, 3.63) is 107 Å². The van der Waals surface area contributed by atoms with Crippen molar-refractivity contribution in [1.29, 1.82) is 0 Å². The van der Waals surface area contributed by atoms with E-state index in [1.165, 1.54) is 22.3 Å². The van der Waals surface area contributed by atoms with Crippen LogP contribution in [-0.4, -0.2) is 36.3 Å². The SMILES string of the molecule is Cc1ccc(CCNC(=O)C2(Cc3ccccc3)CCN(C(=O)CCc3ccccc3)CC2)cc1. The van der Waals surface area contributed by atoms with Gasteiger partial charge in [-0.05, 0) is 55.7 Å². The molecule has 0 aromatic heterocycles. The second-order valence-electron chi connectivity index (χ2n) is 9.80. The maximum atomic E-state index is 13.5. The first-order chi connectivity index (χ1) is 17.0. The van der Waals surface area contributed by atoms with Gasteiger partial charge in [0, 0.05) is 26.1 Å². The number of hydrogen-bond donors (Lipinski definition) is 1. The Hall–Kier alpha value is -3.40. The minimum atomic E-state index is -0.481. The highest BCUT2D eigenvalue weighted by atomic mass is 16.2. The molecule has 1 fully saturated rings. The van der Waals surface area contributed by atoms with Crippen molar-refractivity contribution in [3.8, 4) is 0 Å². The van der Waals surface area contributed by atoms with E-state index in [4.69, 9.17) is 0 Å². The van der Waals surface area contributed by atoms with Crippen molar-refractivity contribution in [1.82, 2.24) is 10.2 Å². The molecule has 2 amide bonds. The number of benzene rings is 3. The molecule has 4 heteroatoms. The first kappa shape index (κ1) is 24.7. The van der Waals surface area contributed by atoms with E-state index in [1.54, 1.807) is 0 Å². The number of carbonyl (C=O) groups excluding carboxylic acids is 2. The summed E-state index contributed by atoms with van der Waals surface area (Å²) in [7, 11) is 0. The Kier molecular flexibility index (Phi) is 8.36. The number of amides is 2. The van der Waals surface area contributed by atoms with Crippen LogP contribution in [0.1, 0.15) is 41.5 Å². The van der Waals surface area contributed by atoms with Crippen LogP contribution in [0.2, 0.25) is 0 Å². The summed E-state index contributed by atoms with van der Waals surface area (Å²) in [5, 5.41) is 3.22. The van der Waals surface area contributed by atoms with Gasteiger partial charge in [0.25, 0.3) is 0 Å². The van der Waals surface area contributed by atoms with Gasteiger partial charge in [-0.2, -0.15) is 0 Å². The molecule has 0 spiro atoms. The van der Waals surface area contributed by atoms with Crippen molar-refractivity contribution in [2.24, 2.45) is 5.41 Å². The maximum Gasteiger partial charge on any atom is 0.226 e. The number of piperidine rings is 1. The van der Waals surface area contributed by atoms with Crippen molar-refractivity contribution in [3.63, 3.8) is 0 Å². The second kappa shape index (κ2) is 11.8. The molecule has 1 heterocycles. The van der Waals surface area contributed by atoms with E-state index in [0.717, 1.165) is 12.8 Å². The zero-order valence-corrected chi connectivity index (χ0v) is 20.7. The lowest BCUT2D eigenvalue weighted by Crippen LogP contribution is -2.51. The van der Waals surface area contributed by atoms with Gasteiger partial charge in [0.2, 0.25) is 11.8 Å². The Morgan fingerprint density at radius 1 is 0.771 bits per heavy atom. The van der Waals surface area contributed by atoms with Crippen LogP contribution in [0.3, 0.4) is 0 Å². The van der Waals surface area contributed by atoms with E-state index >= 15 is 0 Å². The molecule has 4 nitrogen and oxygen atoms in total. The lowest BCUT2D eigenvalue weighted by atomic mass is 9.72. The van der Waals surface area contributed by atoms with Crippen LogP contribution in [0.5, 0.6) is 0 Å². The molecule has 3 aromatic rings. The van der Waals surface area contributed by atoms with E-state index in [1.807, 2.05) is 41.3 Å². The number of likely N-dealkylation sites (tertiary alicyclic amines) is 1. The topological polar surface area (TPSA) is 49.4 Å². The van der Waals surface area contributed by atoms with E-state index in [9.17, 15) is 9.59 Å². The van der Waals surface area contributed by atoms with Crippen LogP contribution < -0.4 is 5.32 Å². The number of nitrogens with zero attached hydrogens (tertiary/aromatic N) is 1. The van der Waals surface area contributed by atoms with E-state index in [2.05, 4.69) is 60.8 Å². The van der Waals surface area contributed by atoms with Gasteiger partial charge < -0.3 is 10.2 Å². The van der Waals surface area contributed by atoms with Gasteiger partial charge in [-0.1, -0.05) is 90.5 Å². The fourth-order valence-electron chi connectivity index (χ4n) is 4.97. The lowest BCUT2D eigenvalue weighted by molar-refractivity contribution is -0.140. The quantitative estimate of drug-likeness (QED) is 0.473. The third kappa shape index (κ3) is 6.82. The summed E-state index contributed by atoms with van der Waals surface area (Å²) in [4.78, 5) is 28.4. The highest BCUT2D eigenvalue weighted by molar-refractivity contribution is 5.84. The van der Waals surface area contributed by atoms with Crippen LogP contribution in [0.15, 0.2) is 84.9 Å². The molecule has 1 saturated heterocycles.